The van der Waals surface area contributed by atoms with E-state index < -0.39 is 6.10 Å². The molecule has 6 nitrogen and oxygen atoms in total. The topological polar surface area (TPSA) is 65.9 Å². The van der Waals surface area contributed by atoms with E-state index in [4.69, 9.17) is 4.74 Å². The predicted molar refractivity (Wildman–Crippen MR) is 96.2 cm³/mol. The van der Waals surface area contributed by atoms with Gasteiger partial charge >= 0.3 is 0 Å². The minimum Gasteiger partial charge on any atom is -0.488 e. The van der Waals surface area contributed by atoms with Crippen LogP contribution in [0.3, 0.4) is 0 Å². The van der Waals surface area contributed by atoms with Crippen molar-refractivity contribution >= 4 is 12.1 Å². The van der Waals surface area contributed by atoms with E-state index in [9.17, 15) is 9.90 Å². The molecule has 2 aliphatic rings. The number of aliphatic hydroxyl groups is 1. The zero-order chi connectivity index (χ0) is 17.6. The number of likely N-dealkylation sites (N-methyl/N-ethyl adjacent to an activating group) is 1. The molecule has 0 aromatic carbocycles. The zero-order valence-corrected chi connectivity index (χ0v) is 14.6. The molecule has 0 saturated carbocycles. The number of rotatable bonds is 5. The highest BCUT2D eigenvalue weighted by molar-refractivity contribution is 5.77. The van der Waals surface area contributed by atoms with Crippen molar-refractivity contribution in [1.82, 2.24) is 9.88 Å². The van der Waals surface area contributed by atoms with Crippen LogP contribution in [0.4, 0.5) is 5.82 Å². The van der Waals surface area contributed by atoms with Crippen molar-refractivity contribution in [2.75, 3.05) is 38.1 Å². The number of aromatic nitrogens is 1. The van der Waals surface area contributed by atoms with E-state index in [2.05, 4.69) is 21.8 Å². The molecule has 1 N–H and O–H groups in total. The summed E-state index contributed by atoms with van der Waals surface area (Å²) in [5, 5.41) is 9.91. The zero-order valence-electron chi connectivity index (χ0n) is 14.6. The van der Waals surface area contributed by atoms with Crippen LogP contribution in [0.5, 0.6) is 0 Å². The van der Waals surface area contributed by atoms with Gasteiger partial charge in [0.1, 0.15) is 18.2 Å². The number of nitrogens with zero attached hydrogens (tertiary/aromatic N) is 3. The van der Waals surface area contributed by atoms with Crippen molar-refractivity contribution in [3.63, 3.8) is 0 Å². The fraction of sp³-hybridized carbons (Fsp3) is 0.474. The number of hydrogen-bond donors (Lipinski definition) is 1. The molecule has 1 saturated heterocycles. The number of carbonyl (C=O) groups is 1. The molecule has 0 radical (unpaired) electrons. The second kappa shape index (κ2) is 8.27. The highest BCUT2D eigenvalue weighted by atomic mass is 16.5. The second-order valence-corrected chi connectivity index (χ2v) is 6.51. The quantitative estimate of drug-likeness (QED) is 0.818. The van der Waals surface area contributed by atoms with Crippen molar-refractivity contribution in [2.24, 2.45) is 0 Å². The maximum Gasteiger partial charge on any atom is 0.152 e. The Kier molecular flexibility index (Phi) is 5.83. The van der Waals surface area contributed by atoms with Gasteiger partial charge in [0.2, 0.25) is 0 Å². The maximum absolute atomic E-state index is 11.2. The van der Waals surface area contributed by atoms with Gasteiger partial charge in [-0.25, -0.2) is 4.98 Å². The van der Waals surface area contributed by atoms with Gasteiger partial charge in [-0.1, -0.05) is 12.1 Å². The molecule has 1 aliphatic heterocycles. The highest BCUT2D eigenvalue weighted by Gasteiger charge is 2.20. The molecule has 1 aromatic rings. The Morgan fingerprint density at radius 1 is 1.36 bits per heavy atom. The average molecular weight is 343 g/mol. The Morgan fingerprint density at radius 3 is 3.08 bits per heavy atom. The van der Waals surface area contributed by atoms with Gasteiger partial charge in [0, 0.05) is 31.4 Å². The lowest BCUT2D eigenvalue weighted by molar-refractivity contribution is -0.106. The molecule has 3 rings (SSSR count). The first-order valence-electron chi connectivity index (χ1n) is 8.73. The normalized spacial score (nSPS) is 22.0. The molecule has 0 spiro atoms. The van der Waals surface area contributed by atoms with Gasteiger partial charge < -0.3 is 19.6 Å². The number of carbonyl (C=O) groups excluding carboxylic acids is 1. The van der Waals surface area contributed by atoms with Crippen LogP contribution in [0.1, 0.15) is 18.4 Å². The number of aliphatic hydroxyl groups excluding tert-OH is 1. The van der Waals surface area contributed by atoms with E-state index in [1.807, 2.05) is 18.2 Å². The van der Waals surface area contributed by atoms with Crippen LogP contribution in [0.25, 0.3) is 0 Å². The van der Waals surface area contributed by atoms with Crippen LogP contribution in [0, 0.1) is 0 Å². The van der Waals surface area contributed by atoms with Crippen LogP contribution in [-0.2, 0) is 16.1 Å². The van der Waals surface area contributed by atoms with Gasteiger partial charge in [-0.15, -0.1) is 0 Å². The van der Waals surface area contributed by atoms with Gasteiger partial charge in [0.15, 0.2) is 6.29 Å². The van der Waals surface area contributed by atoms with Gasteiger partial charge in [-0.05, 0) is 38.6 Å². The van der Waals surface area contributed by atoms with Crippen LogP contribution in [0.2, 0.25) is 0 Å². The van der Waals surface area contributed by atoms with E-state index in [-0.39, 0.29) is 0 Å². The average Bonchev–Trinajstić information content (AvgIpc) is 2.85. The Labute approximate surface area is 148 Å². The number of aldehydes is 1. The fourth-order valence-electron chi connectivity index (χ4n) is 3.20. The summed E-state index contributed by atoms with van der Waals surface area (Å²) in [5.41, 5.74) is 1.29. The number of pyridine rings is 1. The Bertz CT molecular complexity index is 672. The molecule has 1 atom stereocenters. The summed E-state index contributed by atoms with van der Waals surface area (Å²) in [4.78, 5) is 20.4. The Hall–Kier alpha value is -2.18. The third-order valence-corrected chi connectivity index (χ3v) is 4.67. The largest absolute Gasteiger partial charge is 0.488 e. The van der Waals surface area contributed by atoms with E-state index in [0.717, 1.165) is 44.0 Å². The van der Waals surface area contributed by atoms with Gasteiger partial charge in [0.05, 0.1) is 11.7 Å². The predicted octanol–water partition coefficient (Wildman–Crippen LogP) is 1.51. The molecule has 0 bridgehead atoms. The molecule has 1 fully saturated rings. The molecule has 2 heterocycles. The van der Waals surface area contributed by atoms with Crippen molar-refractivity contribution in [1.29, 1.82) is 0 Å². The fourth-order valence-corrected chi connectivity index (χ4v) is 3.20. The smallest absolute Gasteiger partial charge is 0.152 e. The molecular weight excluding hydrogens is 318 g/mol. The lowest BCUT2D eigenvalue weighted by atomic mass is 10.0. The first-order valence-corrected chi connectivity index (χ1v) is 8.73. The van der Waals surface area contributed by atoms with Gasteiger partial charge in [-0.3, -0.25) is 4.79 Å². The molecule has 134 valence electrons. The Morgan fingerprint density at radius 2 is 2.24 bits per heavy atom. The van der Waals surface area contributed by atoms with Crippen molar-refractivity contribution in [3.05, 3.63) is 47.4 Å². The molecule has 6 heteroatoms. The first kappa shape index (κ1) is 17.6. The van der Waals surface area contributed by atoms with E-state index >= 15 is 0 Å². The summed E-state index contributed by atoms with van der Waals surface area (Å²) in [6.07, 6.45) is 6.82. The van der Waals surface area contributed by atoms with E-state index in [0.29, 0.717) is 30.6 Å². The first-order chi connectivity index (χ1) is 12.2. The van der Waals surface area contributed by atoms with Crippen LogP contribution in [0.15, 0.2) is 41.8 Å². The van der Waals surface area contributed by atoms with E-state index in [1.165, 1.54) is 0 Å². The van der Waals surface area contributed by atoms with Crippen LogP contribution >= 0.6 is 0 Å². The molecule has 1 unspecified atom stereocenters. The molecule has 0 amide bonds. The SMILES string of the molecule is CN1CCCN(c2ncccc2COC2=C(C=O)C(O)CC=C2)CC1. The molecule has 1 aromatic heterocycles. The lowest BCUT2D eigenvalue weighted by Gasteiger charge is -2.24. The van der Waals surface area contributed by atoms with Crippen molar-refractivity contribution in [3.8, 4) is 0 Å². The number of ether oxygens (including phenoxy) is 1. The summed E-state index contributed by atoms with van der Waals surface area (Å²) in [7, 11) is 2.14. The van der Waals surface area contributed by atoms with E-state index in [1.54, 1.807) is 12.3 Å². The molecule has 25 heavy (non-hydrogen) atoms. The maximum atomic E-state index is 11.2. The third-order valence-electron chi connectivity index (χ3n) is 4.67. The summed E-state index contributed by atoms with van der Waals surface area (Å²) in [6.45, 7) is 4.32. The molecule has 1 aliphatic carbocycles. The number of anilines is 1. The Balaban J connectivity index is 1.75. The standard InChI is InChI=1S/C19H25N3O3/c1-21-9-4-10-22(12-11-21)19-15(5-3-8-20-19)14-25-18-7-2-6-17(24)16(18)13-23/h2-3,5,7-8,13,17,24H,4,6,9-12,14H2,1H3. The van der Waals surface area contributed by atoms with Crippen LogP contribution in [-0.4, -0.2) is 60.6 Å². The van der Waals surface area contributed by atoms with Crippen molar-refractivity contribution < 1.29 is 14.6 Å². The molecular formula is C19H25N3O3. The van der Waals surface area contributed by atoms with Gasteiger partial charge in [0.25, 0.3) is 0 Å². The van der Waals surface area contributed by atoms with Crippen LogP contribution < -0.4 is 4.90 Å². The number of allylic oxidation sites excluding steroid dienone is 1. The summed E-state index contributed by atoms with van der Waals surface area (Å²) < 4.78 is 5.85. The third kappa shape index (κ3) is 4.27. The monoisotopic (exact) mass is 343 g/mol. The van der Waals surface area contributed by atoms with Crippen molar-refractivity contribution in [2.45, 2.75) is 25.6 Å². The summed E-state index contributed by atoms with van der Waals surface area (Å²) in [6, 6.07) is 3.90. The second-order valence-electron chi connectivity index (χ2n) is 6.51. The highest BCUT2D eigenvalue weighted by Crippen LogP contribution is 2.24. The lowest BCUT2D eigenvalue weighted by Crippen LogP contribution is -2.30. The summed E-state index contributed by atoms with van der Waals surface area (Å²) >= 11 is 0. The minimum atomic E-state index is -0.785. The minimum absolute atomic E-state index is 0.310. The summed E-state index contributed by atoms with van der Waals surface area (Å²) in [5.74, 6) is 1.38. The number of hydrogen-bond acceptors (Lipinski definition) is 6. The van der Waals surface area contributed by atoms with Gasteiger partial charge in [-0.2, -0.15) is 0 Å².